The molecule has 0 fully saturated rings. The lowest BCUT2D eigenvalue weighted by molar-refractivity contribution is 0.657. The van der Waals surface area contributed by atoms with E-state index in [9.17, 15) is 0 Å². The molecule has 0 aliphatic heterocycles. The van der Waals surface area contributed by atoms with Crippen LogP contribution in [0.5, 0.6) is 0 Å². The van der Waals surface area contributed by atoms with E-state index in [0.717, 1.165) is 11.3 Å². The third-order valence-corrected chi connectivity index (χ3v) is 3.44. The topological polar surface area (TPSA) is 43.8 Å². The number of hydrogen-bond donors (Lipinski definition) is 1. The van der Waals surface area contributed by atoms with Crippen molar-refractivity contribution in [3.63, 3.8) is 0 Å². The highest BCUT2D eigenvalue weighted by Gasteiger charge is 2.13. The first-order valence-corrected chi connectivity index (χ1v) is 6.01. The number of benzene rings is 1. The third-order valence-electron chi connectivity index (χ3n) is 2.59. The summed E-state index contributed by atoms with van der Waals surface area (Å²) in [5.41, 5.74) is 7.87. The van der Waals surface area contributed by atoms with Crippen molar-refractivity contribution in [3.8, 4) is 0 Å². The van der Waals surface area contributed by atoms with Crippen LogP contribution in [0.15, 0.2) is 30.5 Å². The molecule has 0 aliphatic carbocycles. The minimum atomic E-state index is -0.174. The van der Waals surface area contributed by atoms with Crippen LogP contribution in [-0.4, -0.2) is 9.78 Å². The Morgan fingerprint density at radius 3 is 2.76 bits per heavy atom. The number of hydrogen-bond acceptors (Lipinski definition) is 2. The Balaban J connectivity index is 2.18. The van der Waals surface area contributed by atoms with Crippen molar-refractivity contribution in [2.75, 3.05) is 0 Å². The molecule has 2 aromatic rings. The number of aromatic nitrogens is 2. The zero-order valence-corrected chi connectivity index (χ0v) is 10.9. The molecule has 0 amide bonds. The summed E-state index contributed by atoms with van der Waals surface area (Å²) in [6, 6.07) is 7.29. The second-order valence-corrected chi connectivity index (χ2v) is 4.72. The fourth-order valence-electron chi connectivity index (χ4n) is 1.68. The fraction of sp³-hybridized carbons (Fsp3) is 0.250. The summed E-state index contributed by atoms with van der Waals surface area (Å²) >= 11 is 12.1. The maximum Gasteiger partial charge on any atom is 0.0795 e. The van der Waals surface area contributed by atoms with E-state index in [-0.39, 0.29) is 6.04 Å². The van der Waals surface area contributed by atoms with Gasteiger partial charge >= 0.3 is 0 Å². The van der Waals surface area contributed by atoms with Gasteiger partial charge in [0.15, 0.2) is 0 Å². The Bertz CT molecular complexity index is 522. The minimum Gasteiger partial charge on any atom is -0.322 e. The van der Waals surface area contributed by atoms with E-state index < -0.39 is 0 Å². The summed E-state index contributed by atoms with van der Waals surface area (Å²) < 4.78 is 1.73. The molecule has 1 aromatic carbocycles. The highest BCUT2D eigenvalue weighted by Crippen LogP contribution is 2.28. The van der Waals surface area contributed by atoms with Crippen LogP contribution >= 0.6 is 23.2 Å². The average molecular weight is 270 g/mol. The number of rotatable bonds is 3. The molecule has 1 heterocycles. The monoisotopic (exact) mass is 269 g/mol. The van der Waals surface area contributed by atoms with E-state index in [4.69, 9.17) is 28.9 Å². The minimum absolute atomic E-state index is 0.174. The first kappa shape index (κ1) is 12.4. The predicted octanol–water partition coefficient (Wildman–Crippen LogP) is 2.97. The third kappa shape index (κ3) is 2.80. The number of halogens is 2. The first-order chi connectivity index (χ1) is 8.08. The molecule has 2 rings (SSSR count). The molecule has 5 heteroatoms. The maximum atomic E-state index is 6.12. The van der Waals surface area contributed by atoms with E-state index in [2.05, 4.69) is 5.10 Å². The summed E-state index contributed by atoms with van der Waals surface area (Å²) in [6.07, 6.45) is 2.49. The molecule has 2 N–H and O–H groups in total. The largest absolute Gasteiger partial charge is 0.322 e. The van der Waals surface area contributed by atoms with E-state index in [1.165, 1.54) is 0 Å². The highest BCUT2D eigenvalue weighted by molar-refractivity contribution is 6.42. The molecule has 17 heavy (non-hydrogen) atoms. The zero-order valence-electron chi connectivity index (χ0n) is 9.40. The lowest BCUT2D eigenvalue weighted by Gasteiger charge is -2.11. The maximum absolute atomic E-state index is 6.12. The van der Waals surface area contributed by atoms with Gasteiger partial charge in [-0.2, -0.15) is 5.10 Å². The van der Waals surface area contributed by atoms with E-state index in [1.54, 1.807) is 10.7 Å². The smallest absolute Gasteiger partial charge is 0.0795 e. The Morgan fingerprint density at radius 2 is 2.12 bits per heavy atom. The summed E-state index contributed by atoms with van der Waals surface area (Å²) in [5, 5.41) is 5.40. The number of nitrogens with zero attached hydrogens (tertiary/aromatic N) is 2. The molecular weight excluding hydrogens is 257 g/mol. The van der Waals surface area contributed by atoms with E-state index in [0.29, 0.717) is 16.5 Å². The molecular formula is C12H13Cl2N3. The molecule has 0 aliphatic rings. The van der Waals surface area contributed by atoms with Crippen molar-refractivity contribution in [2.24, 2.45) is 12.8 Å². The van der Waals surface area contributed by atoms with Crippen molar-refractivity contribution >= 4 is 23.2 Å². The van der Waals surface area contributed by atoms with Gasteiger partial charge in [-0.15, -0.1) is 0 Å². The standard InChI is InChI=1S/C12H13Cl2N3/c1-17-6-5-11(16-17)10(15)7-8-3-2-4-9(13)12(8)14/h2-6,10H,7,15H2,1H3. The van der Waals surface area contributed by atoms with Crippen LogP contribution in [0.25, 0.3) is 0 Å². The first-order valence-electron chi connectivity index (χ1n) is 5.26. The summed E-state index contributed by atoms with van der Waals surface area (Å²) in [6.45, 7) is 0. The molecule has 1 unspecified atom stereocenters. The average Bonchev–Trinajstić information content (AvgIpc) is 2.72. The molecule has 1 aromatic heterocycles. The molecule has 0 radical (unpaired) electrons. The fourth-order valence-corrected chi connectivity index (χ4v) is 2.08. The van der Waals surface area contributed by atoms with Crippen molar-refractivity contribution in [3.05, 3.63) is 51.8 Å². The van der Waals surface area contributed by atoms with Crippen LogP contribution in [0.1, 0.15) is 17.3 Å². The molecule has 0 spiro atoms. The van der Waals surface area contributed by atoms with Gasteiger partial charge in [0.2, 0.25) is 0 Å². The van der Waals surface area contributed by atoms with Crippen LogP contribution in [0.4, 0.5) is 0 Å². The molecule has 90 valence electrons. The Labute approximate surface area is 110 Å². The van der Waals surface area contributed by atoms with E-state index >= 15 is 0 Å². The zero-order chi connectivity index (χ0) is 12.4. The SMILES string of the molecule is Cn1ccc(C(N)Cc2cccc(Cl)c2Cl)n1. The number of aryl methyl sites for hydroxylation is 1. The van der Waals surface area contributed by atoms with Gasteiger partial charge < -0.3 is 5.73 Å². The molecule has 0 bridgehead atoms. The molecule has 0 saturated heterocycles. The Hall–Kier alpha value is -1.03. The summed E-state index contributed by atoms with van der Waals surface area (Å²) in [5.74, 6) is 0. The second-order valence-electron chi connectivity index (χ2n) is 3.94. The molecule has 0 saturated carbocycles. The molecule has 1 atom stereocenters. The summed E-state index contributed by atoms with van der Waals surface area (Å²) in [7, 11) is 1.86. The van der Waals surface area contributed by atoms with Crippen molar-refractivity contribution < 1.29 is 0 Å². The normalized spacial score (nSPS) is 12.7. The van der Waals surface area contributed by atoms with Crippen LogP contribution in [-0.2, 0) is 13.5 Å². The van der Waals surface area contributed by atoms with Crippen LogP contribution in [0.2, 0.25) is 10.0 Å². The lowest BCUT2D eigenvalue weighted by atomic mass is 10.0. The van der Waals surface area contributed by atoms with Gasteiger partial charge in [-0.25, -0.2) is 0 Å². The van der Waals surface area contributed by atoms with Gasteiger partial charge in [0.05, 0.1) is 21.8 Å². The Morgan fingerprint density at radius 1 is 1.35 bits per heavy atom. The predicted molar refractivity (Wildman–Crippen MR) is 70.3 cm³/mol. The van der Waals surface area contributed by atoms with Crippen molar-refractivity contribution in [2.45, 2.75) is 12.5 Å². The van der Waals surface area contributed by atoms with Gasteiger partial charge in [0, 0.05) is 13.2 Å². The van der Waals surface area contributed by atoms with Gasteiger partial charge in [0.25, 0.3) is 0 Å². The second kappa shape index (κ2) is 5.08. The Kier molecular flexibility index (Phi) is 3.72. The number of nitrogens with two attached hydrogens (primary N) is 1. The van der Waals surface area contributed by atoms with Crippen LogP contribution in [0, 0.1) is 0 Å². The quantitative estimate of drug-likeness (QED) is 0.931. The van der Waals surface area contributed by atoms with Crippen molar-refractivity contribution in [1.82, 2.24) is 9.78 Å². The summed E-state index contributed by atoms with van der Waals surface area (Å²) in [4.78, 5) is 0. The highest BCUT2D eigenvalue weighted by atomic mass is 35.5. The van der Waals surface area contributed by atoms with Gasteiger partial charge in [-0.1, -0.05) is 35.3 Å². The molecule has 3 nitrogen and oxygen atoms in total. The van der Waals surface area contributed by atoms with Crippen LogP contribution < -0.4 is 5.73 Å². The van der Waals surface area contributed by atoms with Gasteiger partial charge in [0.1, 0.15) is 0 Å². The van der Waals surface area contributed by atoms with E-state index in [1.807, 2.05) is 31.4 Å². The van der Waals surface area contributed by atoms with Crippen molar-refractivity contribution in [1.29, 1.82) is 0 Å². The van der Waals surface area contributed by atoms with Gasteiger partial charge in [-0.05, 0) is 24.1 Å². The van der Waals surface area contributed by atoms with Gasteiger partial charge in [-0.3, -0.25) is 4.68 Å². The lowest BCUT2D eigenvalue weighted by Crippen LogP contribution is -2.14. The van der Waals surface area contributed by atoms with Crippen LogP contribution in [0.3, 0.4) is 0 Å².